The lowest BCUT2D eigenvalue weighted by atomic mass is 9.79. The van der Waals surface area contributed by atoms with Crippen LogP contribution in [0.1, 0.15) is 50.3 Å². The van der Waals surface area contributed by atoms with Crippen LogP contribution >= 0.6 is 0 Å². The maximum absolute atomic E-state index is 13.5. The van der Waals surface area contributed by atoms with Gasteiger partial charge in [-0.2, -0.15) is 0 Å². The van der Waals surface area contributed by atoms with Gasteiger partial charge in [-0.15, -0.1) is 0 Å². The molecule has 3 rings (SSSR count). The van der Waals surface area contributed by atoms with Crippen LogP contribution in [0, 0.1) is 11.8 Å². The van der Waals surface area contributed by atoms with Gasteiger partial charge in [-0.25, -0.2) is 4.39 Å². The summed E-state index contributed by atoms with van der Waals surface area (Å²) in [7, 11) is -1.69. The van der Waals surface area contributed by atoms with E-state index < -0.39 is 55.4 Å². The molecule has 0 bridgehead atoms. The second-order valence-corrected chi connectivity index (χ2v) is 9.78. The Morgan fingerprint density at radius 3 is 2.76 bits per heavy atom. The molecular formula is C24H36BFN4O7. The number of nitrogens with one attached hydrogen (secondary N) is 3. The molecule has 1 aromatic rings. The van der Waals surface area contributed by atoms with Crippen LogP contribution in [0.3, 0.4) is 0 Å². The molecule has 11 nitrogen and oxygen atoms in total. The molecule has 3 unspecified atom stereocenters. The molecule has 0 radical (unpaired) electrons. The number of rotatable bonds is 12. The largest absolute Gasteiger partial charge is 0.472 e. The monoisotopic (exact) mass is 522 g/mol. The Hall–Kier alpha value is -2.77. The molecular weight excluding hydrogens is 486 g/mol. The molecule has 5 N–H and O–H groups in total. The van der Waals surface area contributed by atoms with E-state index in [0.717, 1.165) is 11.3 Å². The van der Waals surface area contributed by atoms with Crippen LogP contribution in [0.5, 0.6) is 0 Å². The summed E-state index contributed by atoms with van der Waals surface area (Å²) >= 11 is 0. The molecule has 1 aromatic heterocycles. The van der Waals surface area contributed by atoms with Crippen molar-refractivity contribution in [3.05, 3.63) is 23.5 Å². The fourth-order valence-electron chi connectivity index (χ4n) is 5.07. The van der Waals surface area contributed by atoms with E-state index in [9.17, 15) is 23.6 Å². The lowest BCUT2D eigenvalue weighted by Gasteiger charge is -2.34. The lowest BCUT2D eigenvalue weighted by molar-refractivity contribution is -0.133. The van der Waals surface area contributed by atoms with Gasteiger partial charge in [-0.05, 0) is 30.4 Å². The van der Waals surface area contributed by atoms with Crippen molar-refractivity contribution in [2.75, 3.05) is 26.3 Å². The molecule has 1 aliphatic carbocycles. The first-order chi connectivity index (χ1) is 17.7. The Morgan fingerprint density at radius 2 is 2.08 bits per heavy atom. The van der Waals surface area contributed by atoms with Gasteiger partial charge in [-0.1, -0.05) is 20.3 Å². The van der Waals surface area contributed by atoms with Gasteiger partial charge in [0.15, 0.2) is 0 Å². The van der Waals surface area contributed by atoms with E-state index in [4.69, 9.17) is 14.8 Å². The average molecular weight is 522 g/mol. The normalized spacial score (nSPS) is 22.3. The Labute approximate surface area is 215 Å². The van der Waals surface area contributed by atoms with E-state index >= 15 is 0 Å². The molecule has 0 saturated heterocycles. The van der Waals surface area contributed by atoms with Crippen LogP contribution in [0.2, 0.25) is 0 Å². The van der Waals surface area contributed by atoms with E-state index in [1.807, 2.05) is 30.7 Å². The van der Waals surface area contributed by atoms with Gasteiger partial charge in [0, 0.05) is 30.9 Å². The number of carbonyl (C=O) groups excluding carboxylic acids is 4. The molecule has 3 amide bonds. The number of hydrogen-bond donors (Lipinski definition) is 5. The zero-order valence-corrected chi connectivity index (χ0v) is 21.2. The third-order valence-corrected chi connectivity index (χ3v) is 7.15. The van der Waals surface area contributed by atoms with Gasteiger partial charge in [0.2, 0.25) is 17.7 Å². The fraction of sp³-hybridized carbons (Fsp3) is 0.667. The van der Waals surface area contributed by atoms with Crippen LogP contribution in [0.25, 0.3) is 0 Å². The quantitative estimate of drug-likeness (QED) is 0.178. The van der Waals surface area contributed by atoms with Gasteiger partial charge in [0.25, 0.3) is 0 Å². The standard InChI is InChI=1S/C24H36BFN4O7/c1-3-14(2)21(29-19(32)12-37-9-7-26)24(34)28-17-5-4-15-6-8-30-11-16(23(33)27-13-25(35)36)10-18(31)20(17)22(15)30/h6,8,14,16-17,20-21,35-36H,3-5,7,9-13H2,1-2H3,(H,27,33)(H,28,34)(H,29,32)/t14?,16-,17-,20?,21?/m0/s1. The highest BCUT2D eigenvalue weighted by molar-refractivity contribution is 6.41. The van der Waals surface area contributed by atoms with Gasteiger partial charge in [-0.3, -0.25) is 19.2 Å². The van der Waals surface area contributed by atoms with Crippen molar-refractivity contribution in [2.24, 2.45) is 11.8 Å². The first-order valence-corrected chi connectivity index (χ1v) is 12.7. The first-order valence-electron chi connectivity index (χ1n) is 12.7. The van der Waals surface area contributed by atoms with Crippen molar-refractivity contribution in [1.82, 2.24) is 20.5 Å². The summed E-state index contributed by atoms with van der Waals surface area (Å²) in [5.41, 5.74) is 1.77. The number of ketones is 1. The van der Waals surface area contributed by atoms with Gasteiger partial charge < -0.3 is 35.3 Å². The molecule has 2 heterocycles. The average Bonchev–Trinajstić information content (AvgIpc) is 3.20. The minimum absolute atomic E-state index is 0.0526. The van der Waals surface area contributed by atoms with Crippen molar-refractivity contribution in [3.63, 3.8) is 0 Å². The zero-order valence-electron chi connectivity index (χ0n) is 21.2. The molecule has 5 atom stereocenters. The van der Waals surface area contributed by atoms with Crippen molar-refractivity contribution < 1.29 is 38.4 Å². The van der Waals surface area contributed by atoms with Crippen LogP contribution in [0.15, 0.2) is 12.3 Å². The minimum atomic E-state index is -1.69. The summed E-state index contributed by atoms with van der Waals surface area (Å²) in [6.07, 6.45) is 3.22. The van der Waals surface area contributed by atoms with Gasteiger partial charge in [0.05, 0.1) is 24.9 Å². The first kappa shape index (κ1) is 28.8. The van der Waals surface area contributed by atoms with Crippen LogP contribution in [-0.4, -0.2) is 83.7 Å². The smallest absolute Gasteiger partial charge is 0.426 e. The Morgan fingerprint density at radius 1 is 1.32 bits per heavy atom. The highest BCUT2D eigenvalue weighted by atomic mass is 19.1. The van der Waals surface area contributed by atoms with E-state index in [-0.39, 0.29) is 44.3 Å². The van der Waals surface area contributed by atoms with Crippen molar-refractivity contribution >= 4 is 30.6 Å². The molecule has 13 heteroatoms. The van der Waals surface area contributed by atoms with Crippen LogP contribution < -0.4 is 16.0 Å². The number of amides is 3. The van der Waals surface area contributed by atoms with Crippen LogP contribution in [0.4, 0.5) is 4.39 Å². The second kappa shape index (κ2) is 13.2. The van der Waals surface area contributed by atoms with Crippen LogP contribution in [-0.2, 0) is 36.9 Å². The molecule has 0 spiro atoms. The third-order valence-electron chi connectivity index (χ3n) is 7.15. The summed E-state index contributed by atoms with van der Waals surface area (Å²) in [6.45, 7) is 2.71. The van der Waals surface area contributed by atoms with E-state index in [2.05, 4.69) is 16.0 Å². The number of carbonyl (C=O) groups is 4. The Bertz CT molecular complexity index is 988. The minimum Gasteiger partial charge on any atom is -0.426 e. The summed E-state index contributed by atoms with van der Waals surface area (Å²) in [6, 6.07) is 0.544. The van der Waals surface area contributed by atoms with Crippen molar-refractivity contribution in [1.29, 1.82) is 0 Å². The Balaban J connectivity index is 1.76. The molecule has 0 saturated carbocycles. The molecule has 2 aliphatic rings. The molecule has 1 aliphatic heterocycles. The van der Waals surface area contributed by atoms with E-state index in [0.29, 0.717) is 19.3 Å². The number of aromatic nitrogens is 1. The predicted molar refractivity (Wildman–Crippen MR) is 132 cm³/mol. The van der Waals surface area contributed by atoms with Crippen molar-refractivity contribution in [3.8, 4) is 0 Å². The fourth-order valence-corrected chi connectivity index (χ4v) is 5.07. The summed E-state index contributed by atoms with van der Waals surface area (Å²) in [4.78, 5) is 51.7. The number of aryl methyl sites for hydroxylation is 1. The topological polar surface area (TPSA) is 159 Å². The number of ether oxygens (including phenoxy) is 1. The highest BCUT2D eigenvalue weighted by Gasteiger charge is 2.43. The molecule has 0 fully saturated rings. The molecule has 0 aromatic carbocycles. The number of hydrogen-bond acceptors (Lipinski definition) is 7. The number of nitrogens with zero attached hydrogens (tertiary/aromatic N) is 1. The summed E-state index contributed by atoms with van der Waals surface area (Å²) in [5.74, 6) is -3.11. The summed E-state index contributed by atoms with van der Waals surface area (Å²) < 4.78 is 19.1. The SMILES string of the molecule is CCC(C)C(NC(=O)COCCF)C(=O)N[C@H]1CCc2ccn3c2C1C(=O)C[C@H](C(=O)NCB(O)O)C3. The maximum atomic E-state index is 13.5. The van der Waals surface area contributed by atoms with Gasteiger partial charge in [0.1, 0.15) is 25.1 Å². The lowest BCUT2D eigenvalue weighted by Crippen LogP contribution is -2.55. The second-order valence-electron chi connectivity index (χ2n) is 9.78. The Kier molecular flexibility index (Phi) is 10.2. The zero-order chi connectivity index (χ0) is 27.1. The van der Waals surface area contributed by atoms with Gasteiger partial charge >= 0.3 is 7.12 Å². The summed E-state index contributed by atoms with van der Waals surface area (Å²) in [5, 5.41) is 26.2. The van der Waals surface area contributed by atoms with Crippen molar-refractivity contribution in [2.45, 2.75) is 64.1 Å². The highest BCUT2D eigenvalue weighted by Crippen LogP contribution is 2.38. The predicted octanol–water partition coefficient (Wildman–Crippen LogP) is -0.763. The number of halogens is 1. The molecule has 37 heavy (non-hydrogen) atoms. The number of Topliss-reactive ketones (excluding diaryl/α,β-unsaturated/α-hetero) is 1. The maximum Gasteiger partial charge on any atom is 0.472 e. The molecule has 204 valence electrons. The third kappa shape index (κ3) is 7.17. The van der Waals surface area contributed by atoms with E-state index in [1.54, 1.807) is 0 Å². The number of alkyl halides is 1. The van der Waals surface area contributed by atoms with E-state index in [1.165, 1.54) is 0 Å².